The van der Waals surface area contributed by atoms with E-state index in [0.717, 1.165) is 0 Å². The van der Waals surface area contributed by atoms with Crippen molar-refractivity contribution in [1.82, 2.24) is 4.98 Å². The Morgan fingerprint density at radius 3 is 2.84 bits per heavy atom. The minimum Gasteiger partial charge on any atom is -0.467 e. The van der Waals surface area contributed by atoms with E-state index in [0.29, 0.717) is 16.8 Å². The summed E-state index contributed by atoms with van der Waals surface area (Å²) in [6.45, 7) is 3.82. The van der Waals surface area contributed by atoms with E-state index >= 15 is 0 Å². The molecule has 0 radical (unpaired) electrons. The van der Waals surface area contributed by atoms with E-state index in [1.807, 2.05) is 13.8 Å². The highest BCUT2D eigenvalue weighted by Gasteiger charge is 2.24. The molecule has 2 rings (SSSR count). The first-order valence-electron chi connectivity index (χ1n) is 6.01. The van der Waals surface area contributed by atoms with Gasteiger partial charge in [-0.05, 0) is 24.1 Å². The molecule has 0 aliphatic carbocycles. The Labute approximate surface area is 110 Å². The Hall–Kier alpha value is -2.24. The van der Waals surface area contributed by atoms with Crippen LogP contribution in [-0.2, 0) is 9.53 Å². The SMILES string of the molecule is COC(=O)C(Nc1nc2cc(N)ccc2o1)C(C)C. The molecule has 0 spiro atoms. The van der Waals surface area contributed by atoms with E-state index in [9.17, 15) is 4.79 Å². The molecule has 0 saturated carbocycles. The van der Waals surface area contributed by atoms with Gasteiger partial charge in [-0.1, -0.05) is 13.8 Å². The van der Waals surface area contributed by atoms with E-state index in [1.165, 1.54) is 7.11 Å². The summed E-state index contributed by atoms with van der Waals surface area (Å²) in [6, 6.07) is 4.97. The fraction of sp³-hybridized carbons (Fsp3) is 0.385. The van der Waals surface area contributed by atoms with Gasteiger partial charge >= 0.3 is 5.97 Å². The predicted octanol–water partition coefficient (Wildman–Crippen LogP) is 2.02. The van der Waals surface area contributed by atoms with Crippen LogP contribution in [-0.4, -0.2) is 24.1 Å². The van der Waals surface area contributed by atoms with Crippen molar-refractivity contribution >= 4 is 28.8 Å². The number of carbonyl (C=O) groups excluding carboxylic acids is 1. The Morgan fingerprint density at radius 1 is 1.47 bits per heavy atom. The lowest BCUT2D eigenvalue weighted by atomic mass is 10.1. The zero-order chi connectivity index (χ0) is 14.0. The Bertz CT molecular complexity index is 592. The lowest BCUT2D eigenvalue weighted by Gasteiger charge is -2.18. The molecule has 19 heavy (non-hydrogen) atoms. The number of carbonyl (C=O) groups is 1. The Morgan fingerprint density at radius 2 is 2.21 bits per heavy atom. The number of fused-ring (bicyclic) bond motifs is 1. The lowest BCUT2D eigenvalue weighted by molar-refractivity contribution is -0.142. The summed E-state index contributed by atoms with van der Waals surface area (Å²) < 4.78 is 10.3. The van der Waals surface area contributed by atoms with Gasteiger partial charge in [0.05, 0.1) is 7.11 Å². The normalized spacial score (nSPS) is 12.6. The second kappa shape index (κ2) is 5.17. The molecular weight excluding hydrogens is 246 g/mol. The van der Waals surface area contributed by atoms with E-state index in [1.54, 1.807) is 18.2 Å². The van der Waals surface area contributed by atoms with Crippen molar-refractivity contribution in [3.63, 3.8) is 0 Å². The molecule has 3 N–H and O–H groups in total. The minimum atomic E-state index is -0.504. The molecule has 0 aliphatic heterocycles. The maximum Gasteiger partial charge on any atom is 0.328 e. The van der Waals surface area contributed by atoms with Crippen molar-refractivity contribution in [3.8, 4) is 0 Å². The van der Waals surface area contributed by atoms with Crippen LogP contribution in [0.15, 0.2) is 22.6 Å². The van der Waals surface area contributed by atoms with Crippen LogP contribution in [0.3, 0.4) is 0 Å². The summed E-state index contributed by atoms with van der Waals surface area (Å²) in [5.41, 5.74) is 7.55. The molecule has 1 aromatic heterocycles. The molecule has 1 aromatic carbocycles. The van der Waals surface area contributed by atoms with Crippen LogP contribution in [0.5, 0.6) is 0 Å². The fourth-order valence-corrected chi connectivity index (χ4v) is 1.76. The average molecular weight is 263 g/mol. The number of methoxy groups -OCH3 is 1. The molecule has 1 unspecified atom stereocenters. The second-order valence-electron chi connectivity index (χ2n) is 4.64. The van der Waals surface area contributed by atoms with Gasteiger partial charge in [-0.3, -0.25) is 0 Å². The largest absolute Gasteiger partial charge is 0.467 e. The average Bonchev–Trinajstić information content (AvgIpc) is 2.76. The molecule has 0 bridgehead atoms. The van der Waals surface area contributed by atoms with Gasteiger partial charge in [-0.15, -0.1) is 0 Å². The Balaban J connectivity index is 2.26. The quantitative estimate of drug-likeness (QED) is 0.648. The van der Waals surface area contributed by atoms with Crippen molar-refractivity contribution in [2.75, 3.05) is 18.2 Å². The molecule has 0 fully saturated rings. The molecule has 0 amide bonds. The van der Waals surface area contributed by atoms with E-state index < -0.39 is 6.04 Å². The standard InChI is InChI=1S/C13H17N3O3/c1-7(2)11(12(17)18-3)16-13-15-9-6-8(14)4-5-10(9)19-13/h4-7,11H,14H2,1-3H3,(H,15,16). The number of nitrogens with one attached hydrogen (secondary N) is 1. The number of hydrogen-bond donors (Lipinski definition) is 2. The van der Waals surface area contributed by atoms with Crippen LogP contribution in [0.2, 0.25) is 0 Å². The van der Waals surface area contributed by atoms with Crippen molar-refractivity contribution < 1.29 is 13.9 Å². The van der Waals surface area contributed by atoms with Crippen LogP contribution in [0.25, 0.3) is 11.1 Å². The van der Waals surface area contributed by atoms with Gasteiger partial charge in [-0.2, -0.15) is 4.98 Å². The molecule has 6 heteroatoms. The predicted molar refractivity (Wildman–Crippen MR) is 72.7 cm³/mol. The van der Waals surface area contributed by atoms with Crippen LogP contribution >= 0.6 is 0 Å². The summed E-state index contributed by atoms with van der Waals surface area (Å²) in [5.74, 6) is -0.302. The number of aromatic nitrogens is 1. The number of ether oxygens (including phenoxy) is 1. The number of esters is 1. The van der Waals surface area contributed by atoms with Crippen molar-refractivity contribution in [2.24, 2.45) is 5.92 Å². The van der Waals surface area contributed by atoms with Gasteiger partial charge in [0.15, 0.2) is 5.58 Å². The molecule has 6 nitrogen and oxygen atoms in total. The molecule has 1 atom stereocenters. The number of oxazole rings is 1. The van der Waals surface area contributed by atoms with E-state index in [-0.39, 0.29) is 17.9 Å². The summed E-state index contributed by atoms with van der Waals surface area (Å²) in [7, 11) is 1.35. The number of rotatable bonds is 4. The first-order chi connectivity index (χ1) is 9.01. The summed E-state index contributed by atoms with van der Waals surface area (Å²) in [4.78, 5) is 15.9. The molecular formula is C13H17N3O3. The highest BCUT2D eigenvalue weighted by Crippen LogP contribution is 2.22. The molecule has 0 aliphatic rings. The summed E-state index contributed by atoms with van der Waals surface area (Å²) in [5, 5.41) is 2.94. The highest BCUT2D eigenvalue weighted by atomic mass is 16.5. The van der Waals surface area contributed by atoms with Gasteiger partial charge in [0.1, 0.15) is 11.6 Å². The van der Waals surface area contributed by atoms with Crippen molar-refractivity contribution in [1.29, 1.82) is 0 Å². The smallest absolute Gasteiger partial charge is 0.328 e. The minimum absolute atomic E-state index is 0.0486. The monoisotopic (exact) mass is 263 g/mol. The van der Waals surface area contributed by atoms with E-state index in [2.05, 4.69) is 10.3 Å². The zero-order valence-electron chi connectivity index (χ0n) is 11.1. The van der Waals surface area contributed by atoms with Gasteiger partial charge < -0.3 is 20.2 Å². The topological polar surface area (TPSA) is 90.4 Å². The summed E-state index contributed by atoms with van der Waals surface area (Å²) >= 11 is 0. The number of hydrogen-bond acceptors (Lipinski definition) is 6. The maximum atomic E-state index is 11.7. The molecule has 0 saturated heterocycles. The third-order valence-electron chi connectivity index (χ3n) is 2.81. The second-order valence-corrected chi connectivity index (χ2v) is 4.64. The van der Waals surface area contributed by atoms with Crippen LogP contribution in [0.4, 0.5) is 11.7 Å². The Kier molecular flexibility index (Phi) is 3.59. The number of nitrogens with two attached hydrogens (primary N) is 1. The van der Waals surface area contributed by atoms with E-state index in [4.69, 9.17) is 14.9 Å². The van der Waals surface area contributed by atoms with Crippen LogP contribution in [0, 0.1) is 5.92 Å². The molecule has 1 heterocycles. The molecule has 102 valence electrons. The third kappa shape index (κ3) is 2.78. The van der Waals surface area contributed by atoms with Gasteiger partial charge in [0.2, 0.25) is 0 Å². The first-order valence-corrected chi connectivity index (χ1v) is 6.01. The maximum absolute atomic E-state index is 11.7. The molecule has 2 aromatic rings. The van der Waals surface area contributed by atoms with Gasteiger partial charge in [-0.25, -0.2) is 4.79 Å². The van der Waals surface area contributed by atoms with Gasteiger partial charge in [0, 0.05) is 5.69 Å². The first kappa shape index (κ1) is 13.2. The van der Waals surface area contributed by atoms with Gasteiger partial charge in [0.25, 0.3) is 6.01 Å². The van der Waals surface area contributed by atoms with Crippen molar-refractivity contribution in [2.45, 2.75) is 19.9 Å². The van der Waals surface area contributed by atoms with Crippen LogP contribution in [0.1, 0.15) is 13.8 Å². The number of nitrogens with zero attached hydrogens (tertiary/aromatic N) is 1. The van der Waals surface area contributed by atoms with Crippen LogP contribution < -0.4 is 11.1 Å². The third-order valence-corrected chi connectivity index (χ3v) is 2.81. The highest BCUT2D eigenvalue weighted by molar-refractivity contribution is 5.81. The number of nitrogen functional groups attached to an aromatic ring is 1. The number of benzene rings is 1. The fourth-order valence-electron chi connectivity index (χ4n) is 1.76. The lowest BCUT2D eigenvalue weighted by Crippen LogP contribution is -2.35. The van der Waals surface area contributed by atoms with Crippen molar-refractivity contribution in [3.05, 3.63) is 18.2 Å². The number of anilines is 2. The zero-order valence-corrected chi connectivity index (χ0v) is 11.1. The summed E-state index contributed by atoms with van der Waals surface area (Å²) in [6.07, 6.45) is 0.